The van der Waals surface area contributed by atoms with Gasteiger partial charge < -0.3 is 15.7 Å². The molecule has 0 atom stereocenters. The van der Waals surface area contributed by atoms with Crippen LogP contribution in [0.4, 0.5) is 0 Å². The summed E-state index contributed by atoms with van der Waals surface area (Å²) in [6.45, 7) is 27.4. The quantitative estimate of drug-likeness (QED) is 0.196. The van der Waals surface area contributed by atoms with E-state index in [2.05, 4.69) is 124 Å². The number of amides is 2. The lowest BCUT2D eigenvalue weighted by Gasteiger charge is -2.28. The number of phenolic OH excluding ortho intramolecular Hbond substituents is 1. The van der Waals surface area contributed by atoms with Gasteiger partial charge in [0.15, 0.2) is 0 Å². The Balaban J connectivity index is 1.69. The Labute approximate surface area is 275 Å². The monoisotopic (exact) mass is 620 g/mol. The molecule has 0 spiro atoms. The molecule has 0 aliphatic rings. The average Bonchev–Trinajstić information content (AvgIpc) is 2.90. The zero-order chi connectivity index (χ0) is 34.2. The minimum absolute atomic E-state index is 0.0626. The molecule has 0 aromatic heterocycles. The topological polar surface area (TPSA) is 78.4 Å². The van der Waals surface area contributed by atoms with Crippen molar-refractivity contribution in [2.45, 2.75) is 156 Å². The van der Waals surface area contributed by atoms with Crippen LogP contribution in [0.2, 0.25) is 0 Å². The first-order valence-corrected chi connectivity index (χ1v) is 17.1. The number of nitrogens with one attached hydrogen (secondary N) is 2. The Morgan fingerprint density at radius 3 is 1.22 bits per heavy atom. The predicted octanol–water partition coefficient (Wildman–Crippen LogP) is 8.94. The summed E-state index contributed by atoms with van der Waals surface area (Å²) in [7, 11) is 0. The molecule has 45 heavy (non-hydrogen) atoms. The molecule has 2 rings (SSSR count). The average molecular weight is 621 g/mol. The van der Waals surface area contributed by atoms with Crippen LogP contribution < -0.4 is 10.6 Å². The molecule has 2 aromatic carbocycles. The summed E-state index contributed by atoms with van der Waals surface area (Å²) >= 11 is 0. The van der Waals surface area contributed by atoms with E-state index in [0.29, 0.717) is 38.1 Å². The third-order valence-electron chi connectivity index (χ3n) is 8.54. The highest BCUT2D eigenvalue weighted by Gasteiger charge is 2.26. The molecule has 0 saturated carbocycles. The van der Waals surface area contributed by atoms with Gasteiger partial charge >= 0.3 is 0 Å². The van der Waals surface area contributed by atoms with Crippen molar-refractivity contribution in [1.29, 1.82) is 0 Å². The Hall–Kier alpha value is -2.82. The fraction of sp³-hybridized carbons (Fsp3) is 0.650. The molecule has 0 aliphatic carbocycles. The van der Waals surface area contributed by atoms with E-state index in [1.54, 1.807) is 0 Å². The lowest BCUT2D eigenvalue weighted by molar-refractivity contribution is -0.121. The Bertz CT molecular complexity index is 1210. The largest absolute Gasteiger partial charge is 0.507 e. The summed E-state index contributed by atoms with van der Waals surface area (Å²) in [6, 6.07) is 11.0. The zero-order valence-electron chi connectivity index (χ0n) is 30.7. The number of hydrogen-bond donors (Lipinski definition) is 3. The second kappa shape index (κ2) is 15.6. The normalized spacial score (nSPS) is 12.7. The van der Waals surface area contributed by atoms with Crippen LogP contribution in [0.15, 0.2) is 30.3 Å². The summed E-state index contributed by atoms with van der Waals surface area (Å²) < 4.78 is 0. The molecule has 5 nitrogen and oxygen atoms in total. The molecule has 5 heteroatoms. The summed E-state index contributed by atoms with van der Waals surface area (Å²) in [5, 5.41) is 17.1. The van der Waals surface area contributed by atoms with E-state index >= 15 is 0 Å². The molecular weight excluding hydrogens is 556 g/mol. The van der Waals surface area contributed by atoms with Gasteiger partial charge in [0.25, 0.3) is 0 Å². The number of unbranched alkanes of at least 4 members (excludes halogenated alkanes) is 3. The fourth-order valence-corrected chi connectivity index (χ4v) is 5.44. The van der Waals surface area contributed by atoms with Crippen molar-refractivity contribution >= 4 is 11.8 Å². The van der Waals surface area contributed by atoms with Crippen LogP contribution >= 0.6 is 0 Å². The first kappa shape index (κ1) is 38.4. The van der Waals surface area contributed by atoms with E-state index in [4.69, 9.17) is 0 Å². The summed E-state index contributed by atoms with van der Waals surface area (Å²) in [5.41, 5.74) is 6.62. The van der Waals surface area contributed by atoms with Crippen molar-refractivity contribution in [2.75, 3.05) is 13.1 Å². The number of benzene rings is 2. The van der Waals surface area contributed by atoms with Gasteiger partial charge in [0.1, 0.15) is 5.75 Å². The lowest BCUT2D eigenvalue weighted by atomic mass is 9.78. The molecule has 0 bridgehead atoms. The van der Waals surface area contributed by atoms with E-state index in [9.17, 15) is 14.7 Å². The van der Waals surface area contributed by atoms with Crippen molar-refractivity contribution in [3.8, 4) is 5.75 Å². The molecule has 3 N–H and O–H groups in total. The Kier molecular flexibility index (Phi) is 13.3. The third kappa shape index (κ3) is 12.8. The van der Waals surface area contributed by atoms with Gasteiger partial charge in [0.05, 0.1) is 0 Å². The van der Waals surface area contributed by atoms with Crippen molar-refractivity contribution in [3.05, 3.63) is 63.7 Å². The molecule has 0 heterocycles. The van der Waals surface area contributed by atoms with E-state index in [1.165, 1.54) is 16.7 Å². The predicted molar refractivity (Wildman–Crippen MR) is 190 cm³/mol. The van der Waals surface area contributed by atoms with Gasteiger partial charge in [0, 0.05) is 25.9 Å². The molecule has 0 aliphatic heterocycles. The molecule has 0 fully saturated rings. The van der Waals surface area contributed by atoms with Crippen LogP contribution in [-0.2, 0) is 44.1 Å². The van der Waals surface area contributed by atoms with Crippen LogP contribution in [-0.4, -0.2) is 30.0 Å². The smallest absolute Gasteiger partial charge is 0.220 e. The zero-order valence-corrected chi connectivity index (χ0v) is 30.7. The third-order valence-corrected chi connectivity index (χ3v) is 8.54. The first-order valence-electron chi connectivity index (χ1n) is 17.1. The van der Waals surface area contributed by atoms with Crippen LogP contribution in [0.3, 0.4) is 0 Å². The van der Waals surface area contributed by atoms with Crippen molar-refractivity contribution in [1.82, 2.24) is 10.6 Å². The van der Waals surface area contributed by atoms with Gasteiger partial charge in [0.2, 0.25) is 11.8 Å². The second-order valence-electron chi connectivity index (χ2n) is 17.1. The Morgan fingerprint density at radius 1 is 0.533 bits per heavy atom. The maximum absolute atomic E-state index is 12.5. The molecule has 0 radical (unpaired) electrons. The molecule has 0 unspecified atom stereocenters. The van der Waals surface area contributed by atoms with E-state index in [-0.39, 0.29) is 33.5 Å². The summed E-state index contributed by atoms with van der Waals surface area (Å²) in [5.74, 6) is 0.547. The number of rotatable bonds is 13. The highest BCUT2D eigenvalue weighted by molar-refractivity contribution is 5.76. The second-order valence-corrected chi connectivity index (χ2v) is 17.1. The van der Waals surface area contributed by atoms with Gasteiger partial charge in [-0.3, -0.25) is 9.59 Å². The highest BCUT2D eigenvalue weighted by atomic mass is 16.3. The number of phenols is 1. The SMILES string of the molecule is CC(C)(C)c1cc(CCC(=O)NCCCCCCNC(=O)CCc2cc(C(C)(C)C)c(O)c(C(C)(C)C)c2)cc(C(C)(C)C)c1. The Morgan fingerprint density at radius 2 is 0.889 bits per heavy atom. The van der Waals surface area contributed by atoms with Crippen LogP contribution in [0.1, 0.15) is 155 Å². The van der Waals surface area contributed by atoms with Crippen LogP contribution in [0.5, 0.6) is 5.75 Å². The number of aromatic hydroxyl groups is 1. The van der Waals surface area contributed by atoms with Crippen molar-refractivity contribution in [2.24, 2.45) is 0 Å². The molecule has 2 aromatic rings. The maximum Gasteiger partial charge on any atom is 0.220 e. The van der Waals surface area contributed by atoms with Gasteiger partial charge in [-0.15, -0.1) is 0 Å². The van der Waals surface area contributed by atoms with Gasteiger partial charge in [-0.05, 0) is 80.7 Å². The standard InChI is InChI=1S/C40H64N2O3/c1-37(2,3)30-23-28(24-31(27-30)38(4,5)6)17-19-34(43)41-21-15-13-14-16-22-42-35(44)20-18-29-25-32(39(7,8)9)36(45)33(26-29)40(10,11)12/h23-27,45H,13-22H2,1-12H3,(H,41,43)(H,42,44). The molecule has 2 amide bonds. The highest BCUT2D eigenvalue weighted by Crippen LogP contribution is 2.40. The van der Waals surface area contributed by atoms with E-state index in [0.717, 1.165) is 48.8 Å². The minimum atomic E-state index is -0.180. The van der Waals surface area contributed by atoms with Crippen molar-refractivity contribution < 1.29 is 14.7 Å². The molecular formula is C40H64N2O3. The summed E-state index contributed by atoms with van der Waals surface area (Å²) in [6.07, 6.45) is 6.26. The minimum Gasteiger partial charge on any atom is -0.507 e. The molecule has 252 valence electrons. The van der Waals surface area contributed by atoms with Crippen LogP contribution in [0, 0.1) is 0 Å². The number of carbonyl (C=O) groups is 2. The molecule has 0 saturated heterocycles. The van der Waals surface area contributed by atoms with Gasteiger partial charge in [-0.2, -0.15) is 0 Å². The van der Waals surface area contributed by atoms with Crippen LogP contribution in [0.25, 0.3) is 0 Å². The van der Waals surface area contributed by atoms with Crippen molar-refractivity contribution in [3.63, 3.8) is 0 Å². The van der Waals surface area contributed by atoms with E-state index < -0.39 is 0 Å². The maximum atomic E-state index is 12.5. The van der Waals surface area contributed by atoms with Gasteiger partial charge in [-0.1, -0.05) is 126 Å². The first-order chi connectivity index (χ1) is 20.6. The lowest BCUT2D eigenvalue weighted by Crippen LogP contribution is -2.25. The number of carbonyl (C=O) groups excluding carboxylic acids is 2. The van der Waals surface area contributed by atoms with Gasteiger partial charge in [-0.25, -0.2) is 0 Å². The summed E-state index contributed by atoms with van der Waals surface area (Å²) in [4.78, 5) is 25.1. The van der Waals surface area contributed by atoms with E-state index in [1.807, 2.05) is 0 Å². The number of hydrogen-bond acceptors (Lipinski definition) is 3. The fourth-order valence-electron chi connectivity index (χ4n) is 5.44. The number of aryl methyl sites for hydroxylation is 2.